The number of nitrogen functional groups attached to an aromatic ring is 1. The molecule has 1 heterocycles. The number of aryl methyl sites for hydroxylation is 4. The van der Waals surface area contributed by atoms with Crippen molar-refractivity contribution in [2.45, 2.75) is 27.7 Å². The number of hydrogen-bond acceptors (Lipinski definition) is 3. The molecule has 0 spiro atoms. The average Bonchev–Trinajstić information content (AvgIpc) is 2.24. The molecule has 0 unspecified atom stereocenters. The molecule has 2 N–H and O–H groups in total. The molecule has 0 fully saturated rings. The SMILES string of the molecule is Cc1cc(C)c(-c2nc(C)c(C)nc2N)c(F)c1. The zero-order chi connectivity index (χ0) is 13.4. The van der Waals surface area contributed by atoms with Crippen LogP contribution in [0.3, 0.4) is 0 Å². The predicted octanol–water partition coefficient (Wildman–Crippen LogP) is 3.10. The van der Waals surface area contributed by atoms with Crippen LogP contribution in [-0.2, 0) is 0 Å². The number of aromatic nitrogens is 2. The molecule has 1 aromatic heterocycles. The summed E-state index contributed by atoms with van der Waals surface area (Å²) in [6.45, 7) is 7.38. The Hall–Kier alpha value is -1.97. The standard InChI is InChI=1S/C14H16FN3/c1-7-5-8(2)12(11(15)6-7)13-14(16)18-10(4)9(3)17-13/h5-6H,1-4H3,(H2,16,18). The first-order valence-corrected chi connectivity index (χ1v) is 5.78. The molecule has 0 aliphatic rings. The Morgan fingerprint density at radius 2 is 1.61 bits per heavy atom. The van der Waals surface area contributed by atoms with E-state index >= 15 is 0 Å². The normalized spacial score (nSPS) is 10.7. The van der Waals surface area contributed by atoms with Crippen LogP contribution in [0.2, 0.25) is 0 Å². The van der Waals surface area contributed by atoms with Gasteiger partial charge in [0.25, 0.3) is 0 Å². The molecule has 0 bridgehead atoms. The third-order valence-corrected chi connectivity index (χ3v) is 3.00. The van der Waals surface area contributed by atoms with Crippen molar-refractivity contribution in [3.63, 3.8) is 0 Å². The van der Waals surface area contributed by atoms with Gasteiger partial charge in [-0.1, -0.05) is 6.07 Å². The van der Waals surface area contributed by atoms with Gasteiger partial charge in [-0.3, -0.25) is 0 Å². The van der Waals surface area contributed by atoms with Gasteiger partial charge >= 0.3 is 0 Å². The van der Waals surface area contributed by atoms with Gasteiger partial charge in [-0.2, -0.15) is 0 Å². The Balaban J connectivity index is 2.73. The third-order valence-electron chi connectivity index (χ3n) is 3.00. The Bertz CT molecular complexity index is 598. The number of hydrogen-bond donors (Lipinski definition) is 1. The molecule has 0 aliphatic heterocycles. The maximum absolute atomic E-state index is 14.1. The number of rotatable bonds is 1. The largest absolute Gasteiger partial charge is 0.382 e. The second-order valence-electron chi connectivity index (χ2n) is 4.57. The lowest BCUT2D eigenvalue weighted by molar-refractivity contribution is 0.628. The van der Waals surface area contributed by atoms with Crippen LogP contribution in [0, 0.1) is 33.5 Å². The lowest BCUT2D eigenvalue weighted by Crippen LogP contribution is -2.04. The lowest BCUT2D eigenvalue weighted by Gasteiger charge is -2.12. The molecule has 0 amide bonds. The average molecular weight is 245 g/mol. The lowest BCUT2D eigenvalue weighted by atomic mass is 10.0. The quantitative estimate of drug-likeness (QED) is 0.839. The van der Waals surface area contributed by atoms with E-state index in [-0.39, 0.29) is 11.6 Å². The maximum atomic E-state index is 14.1. The molecule has 4 heteroatoms. The van der Waals surface area contributed by atoms with E-state index in [4.69, 9.17) is 5.73 Å². The molecular formula is C14H16FN3. The molecule has 3 nitrogen and oxygen atoms in total. The fourth-order valence-corrected chi connectivity index (χ4v) is 2.02. The van der Waals surface area contributed by atoms with Gasteiger partial charge in [0.1, 0.15) is 17.3 Å². The molecule has 0 atom stereocenters. The van der Waals surface area contributed by atoms with Crippen LogP contribution in [0.5, 0.6) is 0 Å². The van der Waals surface area contributed by atoms with Crippen LogP contribution in [0.4, 0.5) is 10.2 Å². The van der Waals surface area contributed by atoms with Gasteiger partial charge in [-0.25, -0.2) is 14.4 Å². The molecule has 2 aromatic rings. The fourth-order valence-electron chi connectivity index (χ4n) is 2.02. The molecule has 0 saturated carbocycles. The van der Waals surface area contributed by atoms with Crippen molar-refractivity contribution in [3.05, 3.63) is 40.5 Å². The molecule has 1 aromatic carbocycles. The summed E-state index contributed by atoms with van der Waals surface area (Å²) in [7, 11) is 0. The smallest absolute Gasteiger partial charge is 0.150 e. The summed E-state index contributed by atoms with van der Waals surface area (Å²) >= 11 is 0. The van der Waals surface area contributed by atoms with Gasteiger partial charge in [-0.05, 0) is 44.9 Å². The van der Waals surface area contributed by atoms with Gasteiger partial charge in [0.2, 0.25) is 0 Å². The first-order valence-electron chi connectivity index (χ1n) is 5.78. The highest BCUT2D eigenvalue weighted by atomic mass is 19.1. The summed E-state index contributed by atoms with van der Waals surface area (Å²) in [5, 5.41) is 0. The number of anilines is 1. The van der Waals surface area contributed by atoms with E-state index in [1.807, 2.05) is 33.8 Å². The second-order valence-corrected chi connectivity index (χ2v) is 4.57. The number of nitrogens with two attached hydrogens (primary N) is 1. The summed E-state index contributed by atoms with van der Waals surface area (Å²) in [6, 6.07) is 3.40. The van der Waals surface area contributed by atoms with E-state index in [1.165, 1.54) is 6.07 Å². The van der Waals surface area contributed by atoms with E-state index in [0.717, 1.165) is 22.5 Å². The van der Waals surface area contributed by atoms with E-state index in [9.17, 15) is 4.39 Å². The van der Waals surface area contributed by atoms with Crippen LogP contribution in [0.1, 0.15) is 22.5 Å². The van der Waals surface area contributed by atoms with Gasteiger partial charge in [0.05, 0.1) is 11.4 Å². The summed E-state index contributed by atoms with van der Waals surface area (Å²) in [4.78, 5) is 8.57. The van der Waals surface area contributed by atoms with Crippen molar-refractivity contribution in [2.24, 2.45) is 0 Å². The van der Waals surface area contributed by atoms with Crippen molar-refractivity contribution < 1.29 is 4.39 Å². The molecule has 0 radical (unpaired) electrons. The first kappa shape index (κ1) is 12.5. The molecule has 94 valence electrons. The van der Waals surface area contributed by atoms with Crippen molar-refractivity contribution >= 4 is 5.82 Å². The van der Waals surface area contributed by atoms with Crippen molar-refractivity contribution in [3.8, 4) is 11.3 Å². The Morgan fingerprint density at radius 3 is 2.22 bits per heavy atom. The van der Waals surface area contributed by atoms with Gasteiger partial charge in [0, 0.05) is 5.56 Å². The van der Waals surface area contributed by atoms with Crippen LogP contribution in [0.25, 0.3) is 11.3 Å². The highest BCUT2D eigenvalue weighted by Crippen LogP contribution is 2.30. The van der Waals surface area contributed by atoms with Crippen LogP contribution in [-0.4, -0.2) is 9.97 Å². The van der Waals surface area contributed by atoms with Crippen molar-refractivity contribution in [1.82, 2.24) is 9.97 Å². The van der Waals surface area contributed by atoms with Crippen LogP contribution < -0.4 is 5.73 Å². The first-order chi connectivity index (χ1) is 8.40. The zero-order valence-electron chi connectivity index (χ0n) is 11.0. The Labute approximate surface area is 106 Å². The predicted molar refractivity (Wildman–Crippen MR) is 70.8 cm³/mol. The summed E-state index contributed by atoms with van der Waals surface area (Å²) in [5.41, 5.74) is 9.94. The minimum Gasteiger partial charge on any atom is -0.382 e. The highest BCUT2D eigenvalue weighted by molar-refractivity contribution is 5.73. The van der Waals surface area contributed by atoms with Gasteiger partial charge in [0.15, 0.2) is 0 Å². The van der Waals surface area contributed by atoms with E-state index in [2.05, 4.69) is 9.97 Å². The zero-order valence-corrected chi connectivity index (χ0v) is 11.0. The van der Waals surface area contributed by atoms with Crippen molar-refractivity contribution in [2.75, 3.05) is 5.73 Å². The topological polar surface area (TPSA) is 51.8 Å². The third kappa shape index (κ3) is 2.06. The van der Waals surface area contributed by atoms with E-state index < -0.39 is 0 Å². The molecule has 2 rings (SSSR count). The maximum Gasteiger partial charge on any atom is 0.150 e. The minimum absolute atomic E-state index is 0.268. The number of benzene rings is 1. The molecule has 0 saturated heterocycles. The van der Waals surface area contributed by atoms with Crippen molar-refractivity contribution in [1.29, 1.82) is 0 Å². The Morgan fingerprint density at radius 1 is 1.00 bits per heavy atom. The summed E-state index contributed by atoms with van der Waals surface area (Å²) in [5.74, 6) is -0.0410. The van der Waals surface area contributed by atoms with E-state index in [1.54, 1.807) is 0 Å². The summed E-state index contributed by atoms with van der Waals surface area (Å²) < 4.78 is 14.1. The minimum atomic E-state index is -0.309. The van der Waals surface area contributed by atoms with E-state index in [0.29, 0.717) is 11.3 Å². The monoisotopic (exact) mass is 245 g/mol. The molecular weight excluding hydrogens is 229 g/mol. The van der Waals surface area contributed by atoms with Crippen LogP contribution in [0.15, 0.2) is 12.1 Å². The fraction of sp³-hybridized carbons (Fsp3) is 0.286. The second kappa shape index (κ2) is 4.37. The van der Waals surface area contributed by atoms with Gasteiger partial charge in [-0.15, -0.1) is 0 Å². The highest BCUT2D eigenvalue weighted by Gasteiger charge is 2.15. The molecule has 18 heavy (non-hydrogen) atoms. The van der Waals surface area contributed by atoms with Gasteiger partial charge < -0.3 is 5.73 Å². The van der Waals surface area contributed by atoms with Crippen LogP contribution >= 0.6 is 0 Å². The number of halogens is 1. The molecule has 0 aliphatic carbocycles. The Kier molecular flexibility index (Phi) is 3.03. The number of nitrogens with zero attached hydrogens (tertiary/aromatic N) is 2. The summed E-state index contributed by atoms with van der Waals surface area (Å²) in [6.07, 6.45) is 0.